The first kappa shape index (κ1) is 26.5. The maximum atomic E-state index is 13.2. The summed E-state index contributed by atoms with van der Waals surface area (Å²) in [6, 6.07) is 24.2. The number of fused-ring (bicyclic) bond motifs is 1. The summed E-state index contributed by atoms with van der Waals surface area (Å²) >= 11 is 1.56. The molecule has 0 aromatic heterocycles. The highest BCUT2D eigenvalue weighted by atomic mass is 32.2. The van der Waals surface area contributed by atoms with E-state index < -0.39 is 35.1 Å². The number of hydrogen-bond donors (Lipinski definition) is 0. The zero-order chi connectivity index (χ0) is 28.4. The Kier molecular flexibility index (Phi) is 7.26. The number of esters is 1. The van der Waals surface area contributed by atoms with Crippen LogP contribution in [0.1, 0.15) is 47.0 Å². The fourth-order valence-electron chi connectivity index (χ4n) is 4.10. The Bertz CT molecular complexity index is 1680. The lowest BCUT2D eigenvalue weighted by atomic mass is 10.1. The van der Waals surface area contributed by atoms with Crippen LogP contribution in [-0.4, -0.2) is 35.1 Å². The Morgan fingerprint density at radius 3 is 2.15 bits per heavy atom. The molecule has 1 aliphatic rings. The van der Waals surface area contributed by atoms with E-state index in [0.717, 1.165) is 26.3 Å². The number of nitro benzene ring substituents is 1. The number of non-ortho nitro benzene ring substituents is 1. The van der Waals surface area contributed by atoms with Gasteiger partial charge < -0.3 is 4.74 Å². The molecule has 0 radical (unpaired) electrons. The van der Waals surface area contributed by atoms with Crippen LogP contribution >= 0.6 is 11.8 Å². The molecule has 198 valence electrons. The van der Waals surface area contributed by atoms with Gasteiger partial charge >= 0.3 is 5.97 Å². The molecule has 0 N–H and O–H groups in total. The van der Waals surface area contributed by atoms with Crippen LogP contribution in [0.4, 0.5) is 11.4 Å². The van der Waals surface area contributed by atoms with Gasteiger partial charge in [-0.2, -0.15) is 0 Å². The molecule has 0 fully saturated rings. The van der Waals surface area contributed by atoms with Crippen molar-refractivity contribution in [3.63, 3.8) is 0 Å². The van der Waals surface area contributed by atoms with Crippen LogP contribution in [0.2, 0.25) is 0 Å². The number of nitro groups is 1. The van der Waals surface area contributed by atoms with Crippen molar-refractivity contribution in [3.05, 3.63) is 129 Å². The van der Waals surface area contributed by atoms with Gasteiger partial charge in [0.2, 0.25) is 5.78 Å². The van der Waals surface area contributed by atoms with Gasteiger partial charge in [0.1, 0.15) is 0 Å². The van der Waals surface area contributed by atoms with E-state index in [0.29, 0.717) is 5.69 Å². The predicted molar refractivity (Wildman–Crippen MR) is 147 cm³/mol. The van der Waals surface area contributed by atoms with Crippen molar-refractivity contribution in [3.8, 4) is 0 Å². The summed E-state index contributed by atoms with van der Waals surface area (Å²) in [6.45, 7) is 1.37. The number of Topliss-reactive ketones (excluding diaryl/α,β-unsaturated/α-hetero) is 1. The quantitative estimate of drug-likeness (QED) is 0.0871. The zero-order valence-corrected chi connectivity index (χ0v) is 21.8. The average molecular weight is 553 g/mol. The molecule has 1 aliphatic heterocycles. The minimum absolute atomic E-state index is 0.0153. The van der Waals surface area contributed by atoms with E-state index in [1.807, 2.05) is 43.3 Å². The first-order chi connectivity index (χ1) is 19.2. The number of rotatable bonds is 8. The topological polar surface area (TPSA) is 124 Å². The van der Waals surface area contributed by atoms with Gasteiger partial charge in [-0.25, -0.2) is 9.69 Å². The van der Waals surface area contributed by atoms with E-state index in [-0.39, 0.29) is 27.9 Å². The molecular formula is C30H20N2O7S. The second-order valence-electron chi connectivity index (χ2n) is 8.92. The number of ether oxygens (including phenoxy) is 1. The Balaban J connectivity index is 1.27. The molecule has 0 atom stereocenters. The van der Waals surface area contributed by atoms with Crippen molar-refractivity contribution in [2.24, 2.45) is 0 Å². The fraction of sp³-hybridized carbons (Fsp3) is 0.0667. The zero-order valence-electron chi connectivity index (χ0n) is 21.0. The molecule has 2 amide bonds. The maximum Gasteiger partial charge on any atom is 0.338 e. The van der Waals surface area contributed by atoms with Gasteiger partial charge in [0.15, 0.2) is 6.61 Å². The third kappa shape index (κ3) is 5.38. The highest BCUT2D eigenvalue weighted by Crippen LogP contribution is 2.33. The van der Waals surface area contributed by atoms with E-state index in [2.05, 4.69) is 0 Å². The molecule has 0 bridgehead atoms. The molecule has 0 saturated carbocycles. The second-order valence-corrected chi connectivity index (χ2v) is 10.1. The number of carbonyl (C=O) groups excluding carboxylic acids is 4. The van der Waals surface area contributed by atoms with E-state index >= 15 is 0 Å². The number of carbonyl (C=O) groups is 4. The predicted octanol–water partition coefficient (Wildman–Crippen LogP) is 5.89. The van der Waals surface area contributed by atoms with Gasteiger partial charge in [0.05, 0.1) is 27.3 Å². The van der Waals surface area contributed by atoms with Crippen molar-refractivity contribution >= 4 is 46.7 Å². The summed E-state index contributed by atoms with van der Waals surface area (Å²) in [5.41, 5.74) is 1.49. The van der Waals surface area contributed by atoms with Crippen LogP contribution in [0, 0.1) is 17.0 Å². The first-order valence-corrected chi connectivity index (χ1v) is 12.8. The lowest BCUT2D eigenvalue weighted by molar-refractivity contribution is -0.384. The number of aryl methyl sites for hydroxylation is 1. The van der Waals surface area contributed by atoms with Crippen LogP contribution in [0.25, 0.3) is 0 Å². The van der Waals surface area contributed by atoms with Crippen molar-refractivity contribution < 1.29 is 28.8 Å². The molecule has 10 heteroatoms. The Labute approximate surface area is 232 Å². The van der Waals surface area contributed by atoms with Gasteiger partial charge in [0.25, 0.3) is 17.5 Å². The van der Waals surface area contributed by atoms with Crippen molar-refractivity contribution in [1.29, 1.82) is 0 Å². The third-order valence-corrected chi connectivity index (χ3v) is 7.20. The van der Waals surface area contributed by atoms with Crippen molar-refractivity contribution in [2.45, 2.75) is 16.7 Å². The van der Waals surface area contributed by atoms with Gasteiger partial charge in [0, 0.05) is 27.5 Å². The number of nitrogens with zero attached hydrogens (tertiary/aromatic N) is 2. The third-order valence-electron chi connectivity index (χ3n) is 6.19. The molecule has 0 aliphatic carbocycles. The summed E-state index contributed by atoms with van der Waals surface area (Å²) < 4.78 is 5.08. The van der Waals surface area contributed by atoms with E-state index in [9.17, 15) is 29.3 Å². The molecule has 1 heterocycles. The van der Waals surface area contributed by atoms with E-state index in [1.54, 1.807) is 23.9 Å². The van der Waals surface area contributed by atoms with Crippen LogP contribution in [-0.2, 0) is 4.74 Å². The summed E-state index contributed by atoms with van der Waals surface area (Å²) in [7, 11) is 0. The Morgan fingerprint density at radius 2 is 1.48 bits per heavy atom. The Hall–Kier alpha value is -5.09. The average Bonchev–Trinajstić information content (AvgIpc) is 3.22. The smallest absolute Gasteiger partial charge is 0.338 e. The number of amides is 2. The monoisotopic (exact) mass is 552 g/mol. The summed E-state index contributed by atoms with van der Waals surface area (Å²) in [4.78, 5) is 64.5. The highest BCUT2D eigenvalue weighted by Gasteiger charge is 2.37. The summed E-state index contributed by atoms with van der Waals surface area (Å²) in [5.74, 6) is -2.60. The standard InChI is InChI=1S/C30H20N2O7S/c1-18-5-10-23(11-6-18)40-24-12-8-21(9-13-24)31-28(34)25-14-7-20(16-26(25)29(31)35)30(36)39-17-27(33)19-3-2-4-22(15-19)32(37)38/h2-16H,17H2,1H3. The number of hydrogen-bond acceptors (Lipinski definition) is 8. The Morgan fingerprint density at radius 1 is 0.825 bits per heavy atom. The fourth-order valence-corrected chi connectivity index (χ4v) is 4.92. The number of imide groups is 1. The SMILES string of the molecule is Cc1ccc(Sc2ccc(N3C(=O)c4ccc(C(=O)OCC(=O)c5cccc([N+](=O)[O-])c5)cc4C3=O)cc2)cc1. The number of benzene rings is 4. The minimum Gasteiger partial charge on any atom is -0.454 e. The van der Waals surface area contributed by atoms with E-state index in [4.69, 9.17) is 4.74 Å². The van der Waals surface area contributed by atoms with Crippen LogP contribution in [0.15, 0.2) is 101 Å². The largest absolute Gasteiger partial charge is 0.454 e. The highest BCUT2D eigenvalue weighted by molar-refractivity contribution is 7.99. The normalized spacial score (nSPS) is 12.3. The number of ketones is 1. The van der Waals surface area contributed by atoms with E-state index in [1.165, 1.54) is 36.4 Å². The molecule has 9 nitrogen and oxygen atoms in total. The first-order valence-electron chi connectivity index (χ1n) is 12.0. The second kappa shape index (κ2) is 11.0. The summed E-state index contributed by atoms with van der Waals surface area (Å²) in [6.07, 6.45) is 0. The molecule has 4 aromatic carbocycles. The molecule has 0 spiro atoms. The molecular weight excluding hydrogens is 532 g/mol. The molecule has 5 rings (SSSR count). The number of anilines is 1. The van der Waals surface area contributed by atoms with Gasteiger partial charge in [-0.05, 0) is 61.5 Å². The van der Waals surface area contributed by atoms with Gasteiger partial charge in [-0.15, -0.1) is 0 Å². The van der Waals surface area contributed by atoms with Crippen LogP contribution in [0.5, 0.6) is 0 Å². The molecule has 0 unspecified atom stereocenters. The van der Waals surface area contributed by atoms with Crippen LogP contribution in [0.3, 0.4) is 0 Å². The summed E-state index contributed by atoms with van der Waals surface area (Å²) in [5, 5.41) is 10.9. The van der Waals surface area contributed by atoms with Crippen molar-refractivity contribution in [2.75, 3.05) is 11.5 Å². The minimum atomic E-state index is -0.877. The van der Waals surface area contributed by atoms with Crippen LogP contribution < -0.4 is 4.90 Å². The van der Waals surface area contributed by atoms with Crippen molar-refractivity contribution in [1.82, 2.24) is 0 Å². The lowest BCUT2D eigenvalue weighted by Crippen LogP contribution is -2.29. The molecule has 4 aromatic rings. The maximum absolute atomic E-state index is 13.2. The van der Waals surface area contributed by atoms with Gasteiger partial charge in [-0.3, -0.25) is 24.5 Å². The van der Waals surface area contributed by atoms with Gasteiger partial charge in [-0.1, -0.05) is 41.6 Å². The molecule has 0 saturated heterocycles. The lowest BCUT2D eigenvalue weighted by Gasteiger charge is -2.14. The molecule has 40 heavy (non-hydrogen) atoms.